The first-order valence-electron chi connectivity index (χ1n) is 7.23. The highest BCUT2D eigenvalue weighted by Gasteiger charge is 2.14. The van der Waals surface area contributed by atoms with Gasteiger partial charge >= 0.3 is 0 Å². The van der Waals surface area contributed by atoms with E-state index in [0.29, 0.717) is 11.3 Å². The van der Waals surface area contributed by atoms with E-state index in [0.717, 1.165) is 4.47 Å². The third kappa shape index (κ3) is 5.66. The largest absolute Gasteiger partial charge is 0.366 e. The second kappa shape index (κ2) is 8.24. The number of hydrogen-bond donors (Lipinski definition) is 3. The second-order valence-corrected chi connectivity index (χ2v) is 7.77. The Morgan fingerprint density at radius 1 is 1.00 bits per heavy atom. The van der Waals surface area contributed by atoms with Crippen LogP contribution in [0, 0.1) is 0 Å². The first-order chi connectivity index (χ1) is 11.8. The molecule has 0 radical (unpaired) electrons. The third-order valence-corrected chi connectivity index (χ3v) is 5.23. The molecule has 9 heteroatoms. The number of amides is 2. The molecular formula is C16H16BrN3O4S. The van der Waals surface area contributed by atoms with Crippen LogP contribution in [0.1, 0.15) is 16.8 Å². The summed E-state index contributed by atoms with van der Waals surface area (Å²) in [4.78, 5) is 23.0. The molecule has 0 bridgehead atoms. The number of rotatable bonds is 7. The number of carbonyl (C=O) groups excluding carboxylic acids is 2. The quantitative estimate of drug-likeness (QED) is 0.626. The highest BCUT2D eigenvalue weighted by atomic mass is 79.9. The van der Waals surface area contributed by atoms with Crippen molar-refractivity contribution >= 4 is 43.5 Å². The third-order valence-electron chi connectivity index (χ3n) is 3.22. The Morgan fingerprint density at radius 3 is 2.16 bits per heavy atom. The maximum atomic E-state index is 12.1. The van der Waals surface area contributed by atoms with Crippen LogP contribution < -0.4 is 15.8 Å². The van der Waals surface area contributed by atoms with E-state index in [1.807, 2.05) is 0 Å². The van der Waals surface area contributed by atoms with Crippen molar-refractivity contribution in [1.82, 2.24) is 4.72 Å². The molecule has 0 aliphatic rings. The van der Waals surface area contributed by atoms with Crippen LogP contribution >= 0.6 is 15.9 Å². The summed E-state index contributed by atoms with van der Waals surface area (Å²) in [7, 11) is -3.66. The minimum Gasteiger partial charge on any atom is -0.366 e. The van der Waals surface area contributed by atoms with Crippen molar-refractivity contribution in [3.05, 3.63) is 58.6 Å². The van der Waals surface area contributed by atoms with Crippen molar-refractivity contribution in [2.24, 2.45) is 5.73 Å². The van der Waals surface area contributed by atoms with E-state index in [1.54, 1.807) is 24.3 Å². The van der Waals surface area contributed by atoms with Gasteiger partial charge in [-0.3, -0.25) is 9.59 Å². The van der Waals surface area contributed by atoms with E-state index in [-0.39, 0.29) is 23.8 Å². The van der Waals surface area contributed by atoms with Gasteiger partial charge in [0.2, 0.25) is 21.8 Å². The summed E-state index contributed by atoms with van der Waals surface area (Å²) < 4.78 is 27.3. The maximum absolute atomic E-state index is 12.1. The Balaban J connectivity index is 1.85. The molecule has 2 amide bonds. The number of sulfonamides is 1. The van der Waals surface area contributed by atoms with Gasteiger partial charge in [-0.2, -0.15) is 0 Å². The number of hydrogen-bond acceptors (Lipinski definition) is 4. The van der Waals surface area contributed by atoms with Gasteiger partial charge < -0.3 is 11.1 Å². The Morgan fingerprint density at radius 2 is 1.60 bits per heavy atom. The van der Waals surface area contributed by atoms with Gasteiger partial charge in [-0.15, -0.1) is 0 Å². The molecule has 0 aromatic heterocycles. The zero-order valence-corrected chi connectivity index (χ0v) is 15.4. The van der Waals surface area contributed by atoms with Crippen LogP contribution in [-0.2, 0) is 14.8 Å². The summed E-state index contributed by atoms with van der Waals surface area (Å²) in [5.74, 6) is -0.912. The lowest BCUT2D eigenvalue weighted by atomic mass is 10.2. The zero-order chi connectivity index (χ0) is 18.4. The number of primary amides is 1. The van der Waals surface area contributed by atoms with Crippen LogP contribution in [0.3, 0.4) is 0 Å². The SMILES string of the molecule is NC(=O)c1ccc(NC(=O)CCNS(=O)(=O)c2ccc(Br)cc2)cc1. The van der Waals surface area contributed by atoms with Crippen molar-refractivity contribution in [3.8, 4) is 0 Å². The average Bonchev–Trinajstić information content (AvgIpc) is 2.55. The summed E-state index contributed by atoms with van der Waals surface area (Å²) in [5, 5.41) is 2.61. The van der Waals surface area contributed by atoms with E-state index in [1.165, 1.54) is 24.3 Å². The molecule has 0 unspecified atom stereocenters. The lowest BCUT2D eigenvalue weighted by Crippen LogP contribution is -2.27. The molecule has 2 aromatic carbocycles. The number of halogens is 1. The van der Waals surface area contributed by atoms with Crippen LogP contribution in [0.25, 0.3) is 0 Å². The smallest absolute Gasteiger partial charge is 0.248 e. The number of nitrogens with one attached hydrogen (secondary N) is 2. The molecular weight excluding hydrogens is 410 g/mol. The fraction of sp³-hybridized carbons (Fsp3) is 0.125. The predicted molar refractivity (Wildman–Crippen MR) is 97.5 cm³/mol. The lowest BCUT2D eigenvalue weighted by molar-refractivity contribution is -0.116. The van der Waals surface area contributed by atoms with Crippen LogP contribution in [0.15, 0.2) is 57.9 Å². The fourth-order valence-corrected chi connectivity index (χ4v) is 3.23. The summed E-state index contributed by atoms with van der Waals surface area (Å²) in [6.07, 6.45) is -0.0344. The topological polar surface area (TPSA) is 118 Å². The zero-order valence-electron chi connectivity index (χ0n) is 13.0. The summed E-state index contributed by atoms with van der Waals surface area (Å²) >= 11 is 3.23. The monoisotopic (exact) mass is 425 g/mol. The van der Waals surface area contributed by atoms with Crippen LogP contribution in [0.5, 0.6) is 0 Å². The number of nitrogens with two attached hydrogens (primary N) is 1. The molecule has 4 N–H and O–H groups in total. The molecule has 0 atom stereocenters. The average molecular weight is 426 g/mol. The van der Waals surface area contributed by atoms with Crippen LogP contribution in [0.4, 0.5) is 5.69 Å². The second-order valence-electron chi connectivity index (χ2n) is 5.09. The molecule has 0 saturated carbocycles. The van der Waals surface area contributed by atoms with Crippen molar-refractivity contribution < 1.29 is 18.0 Å². The van der Waals surface area contributed by atoms with Gasteiger partial charge in [0.15, 0.2) is 0 Å². The minimum absolute atomic E-state index is 0.0344. The maximum Gasteiger partial charge on any atom is 0.248 e. The van der Waals surface area contributed by atoms with Gasteiger partial charge in [0.05, 0.1) is 4.90 Å². The highest BCUT2D eigenvalue weighted by Crippen LogP contribution is 2.14. The molecule has 0 aliphatic heterocycles. The van der Waals surface area contributed by atoms with Gasteiger partial charge in [0.25, 0.3) is 0 Å². The van der Waals surface area contributed by atoms with E-state index >= 15 is 0 Å². The molecule has 0 heterocycles. The summed E-state index contributed by atoms with van der Waals surface area (Å²) in [6, 6.07) is 12.3. The van der Waals surface area contributed by atoms with Crippen molar-refractivity contribution in [2.75, 3.05) is 11.9 Å². The van der Waals surface area contributed by atoms with E-state index in [9.17, 15) is 18.0 Å². The van der Waals surface area contributed by atoms with Gasteiger partial charge in [0.1, 0.15) is 0 Å². The number of carbonyl (C=O) groups is 2. The molecule has 2 aromatic rings. The molecule has 0 fully saturated rings. The van der Waals surface area contributed by atoms with Crippen molar-refractivity contribution in [2.45, 2.75) is 11.3 Å². The first-order valence-corrected chi connectivity index (χ1v) is 9.50. The van der Waals surface area contributed by atoms with E-state index in [2.05, 4.69) is 26.0 Å². The van der Waals surface area contributed by atoms with Gasteiger partial charge in [-0.25, -0.2) is 13.1 Å². The Kier molecular flexibility index (Phi) is 6.29. The molecule has 25 heavy (non-hydrogen) atoms. The van der Waals surface area contributed by atoms with Crippen LogP contribution in [0.2, 0.25) is 0 Å². The molecule has 0 aliphatic carbocycles. The molecule has 2 rings (SSSR count). The van der Waals surface area contributed by atoms with Crippen molar-refractivity contribution in [1.29, 1.82) is 0 Å². The Bertz CT molecular complexity index is 865. The highest BCUT2D eigenvalue weighted by molar-refractivity contribution is 9.10. The first kappa shape index (κ1) is 19.1. The van der Waals surface area contributed by atoms with Gasteiger partial charge in [-0.1, -0.05) is 15.9 Å². The molecule has 0 spiro atoms. The number of anilines is 1. The predicted octanol–water partition coefficient (Wildman–Crippen LogP) is 1.86. The van der Waals surface area contributed by atoms with Crippen LogP contribution in [-0.4, -0.2) is 26.8 Å². The lowest BCUT2D eigenvalue weighted by Gasteiger charge is -2.08. The summed E-state index contributed by atoms with van der Waals surface area (Å²) in [6.45, 7) is -0.0381. The van der Waals surface area contributed by atoms with E-state index < -0.39 is 15.9 Å². The van der Waals surface area contributed by atoms with Crippen molar-refractivity contribution in [3.63, 3.8) is 0 Å². The number of benzene rings is 2. The normalized spacial score (nSPS) is 11.1. The van der Waals surface area contributed by atoms with E-state index in [4.69, 9.17) is 5.73 Å². The van der Waals surface area contributed by atoms with Gasteiger partial charge in [-0.05, 0) is 48.5 Å². The molecule has 0 saturated heterocycles. The minimum atomic E-state index is -3.66. The summed E-state index contributed by atoms with van der Waals surface area (Å²) in [5.41, 5.74) is 5.96. The molecule has 132 valence electrons. The Labute approximate surface area is 153 Å². The molecule has 7 nitrogen and oxygen atoms in total. The standard InChI is InChI=1S/C16H16BrN3O4S/c17-12-3-7-14(8-4-12)25(23,24)19-10-9-15(21)20-13-5-1-11(2-6-13)16(18)22/h1-8,19H,9-10H2,(H2,18,22)(H,20,21). The van der Waals surface area contributed by atoms with Gasteiger partial charge in [0, 0.05) is 28.7 Å². The Hall–Kier alpha value is -2.23. The fourth-order valence-electron chi connectivity index (χ4n) is 1.94.